The van der Waals surface area contributed by atoms with Crippen LogP contribution in [-0.2, 0) is 19.0 Å². The molecule has 4 heterocycles. The number of hydrogen-bond donors (Lipinski definition) is 2. The van der Waals surface area contributed by atoms with Gasteiger partial charge in [-0.1, -0.05) is 60.1 Å². The van der Waals surface area contributed by atoms with Crippen molar-refractivity contribution in [3.8, 4) is 11.4 Å². The van der Waals surface area contributed by atoms with Gasteiger partial charge >= 0.3 is 5.97 Å². The first-order valence-corrected chi connectivity index (χ1v) is 20.0. The van der Waals surface area contributed by atoms with Gasteiger partial charge in [-0.05, 0) is 90.6 Å². The van der Waals surface area contributed by atoms with Gasteiger partial charge in [0.05, 0.1) is 57.1 Å². The van der Waals surface area contributed by atoms with E-state index in [1.165, 1.54) is 5.57 Å². The highest BCUT2D eigenvalue weighted by atomic mass is 16.5. The van der Waals surface area contributed by atoms with Crippen LogP contribution in [0.2, 0.25) is 0 Å². The molecule has 2 bridgehead atoms. The summed E-state index contributed by atoms with van der Waals surface area (Å²) < 4.78 is 21.9. The predicted molar refractivity (Wildman–Crippen MR) is 198 cm³/mol. The van der Waals surface area contributed by atoms with Crippen molar-refractivity contribution in [1.82, 2.24) is 25.1 Å². The Labute approximate surface area is 309 Å². The van der Waals surface area contributed by atoms with Gasteiger partial charge in [-0.2, -0.15) is 5.10 Å². The molecule has 4 aliphatic carbocycles. The van der Waals surface area contributed by atoms with E-state index in [9.17, 15) is 9.90 Å². The number of carboxylic acid groups (broad SMARTS) is 1. The highest BCUT2D eigenvalue weighted by Gasteiger charge is 2.72. The molecule has 0 spiro atoms. The molecule has 1 unspecified atom stereocenters. The number of aliphatic carboxylic acids is 1. The van der Waals surface area contributed by atoms with E-state index in [4.69, 9.17) is 24.3 Å². The number of pyridine rings is 1. The molecule has 0 amide bonds. The Hall–Kier alpha value is -2.66. The second-order valence-electron chi connectivity index (χ2n) is 18.9. The highest BCUT2D eigenvalue weighted by molar-refractivity contribution is 5.73. The average molecular weight is 716 g/mol. The van der Waals surface area contributed by atoms with Gasteiger partial charge in [-0.15, -0.1) is 0 Å². The van der Waals surface area contributed by atoms with E-state index in [1.807, 2.05) is 24.5 Å². The minimum Gasteiger partial charge on any atom is -0.481 e. The molecule has 0 radical (unpaired) electrons. The van der Waals surface area contributed by atoms with Crippen molar-refractivity contribution in [2.24, 2.45) is 56.7 Å². The van der Waals surface area contributed by atoms with Crippen LogP contribution in [-0.4, -0.2) is 82.5 Å². The van der Waals surface area contributed by atoms with E-state index in [0.29, 0.717) is 50.1 Å². The lowest BCUT2D eigenvalue weighted by atomic mass is 9.34. The monoisotopic (exact) mass is 715 g/mol. The number of carbonyl (C=O) groups is 1. The van der Waals surface area contributed by atoms with E-state index >= 15 is 0 Å². The molecule has 10 heteroatoms. The number of nitrogens with one attached hydrogen (secondary N) is 1. The fraction of sp³-hybridized carbons (Fsp3) is 0.762. The van der Waals surface area contributed by atoms with E-state index < -0.39 is 11.9 Å². The molecule has 2 aromatic heterocycles. The van der Waals surface area contributed by atoms with Crippen molar-refractivity contribution in [1.29, 1.82) is 0 Å². The number of hydrogen-bond acceptors (Lipinski definition) is 8. The standard InChI is InChI=1S/C42H61N5O5/c1-26(2)27(3)38(4)14-15-40(6)30-8-9-33-39(5)23-51-24-42(33,31(30)10-13-41(40,7)34(38)37(48)49)20-32(35(39)52-22-29-21-50-19-18-44-29)47-36(45-25-46-47)28-11-16-43-17-12-28/h10-12,16-17,25-27,29-30,32-35,44H,8-9,13-15,18-24H2,1-7H3,(H,48,49)/t27-,29?,30+,32-,33+,34-,35+,38-,39+,40-,41+,42+/m1/s1. The normalized spacial score (nSPS) is 43.5. The number of morpholine rings is 1. The molecule has 10 nitrogen and oxygen atoms in total. The third kappa shape index (κ3) is 5.16. The molecule has 2 aliphatic heterocycles. The van der Waals surface area contributed by atoms with Crippen molar-refractivity contribution in [2.45, 2.75) is 105 Å². The zero-order valence-electron chi connectivity index (χ0n) is 32.4. The number of rotatable bonds is 8. The van der Waals surface area contributed by atoms with Crippen LogP contribution in [0.15, 0.2) is 42.5 Å². The lowest BCUT2D eigenvalue weighted by molar-refractivity contribution is -0.251. The third-order valence-electron chi connectivity index (χ3n) is 16.4. The van der Waals surface area contributed by atoms with Crippen LogP contribution in [0.1, 0.15) is 93.0 Å². The predicted octanol–water partition coefficient (Wildman–Crippen LogP) is 6.84. The zero-order chi connectivity index (χ0) is 36.7. The molecule has 5 fully saturated rings. The largest absolute Gasteiger partial charge is 0.481 e. The summed E-state index contributed by atoms with van der Waals surface area (Å²) in [6, 6.07) is 4.08. The number of fused-ring (bicyclic) bond motifs is 3. The van der Waals surface area contributed by atoms with Crippen LogP contribution in [0.25, 0.3) is 11.4 Å². The Morgan fingerprint density at radius 1 is 1.08 bits per heavy atom. The topological polar surface area (TPSA) is 121 Å². The molecular formula is C42H61N5O5. The Kier molecular flexibility index (Phi) is 9.07. The molecule has 3 saturated carbocycles. The van der Waals surface area contributed by atoms with Gasteiger partial charge in [-0.3, -0.25) is 9.78 Å². The van der Waals surface area contributed by atoms with Gasteiger partial charge < -0.3 is 24.6 Å². The molecule has 8 rings (SSSR count). The van der Waals surface area contributed by atoms with Gasteiger partial charge in [0, 0.05) is 35.3 Å². The molecule has 284 valence electrons. The Morgan fingerprint density at radius 3 is 2.58 bits per heavy atom. The van der Waals surface area contributed by atoms with Crippen LogP contribution in [0.3, 0.4) is 0 Å². The molecule has 2 N–H and O–H groups in total. The first-order chi connectivity index (χ1) is 24.8. The first-order valence-electron chi connectivity index (χ1n) is 20.0. The summed E-state index contributed by atoms with van der Waals surface area (Å²) >= 11 is 0. The lowest BCUT2D eigenvalue weighted by Crippen LogP contribution is -2.69. The number of nitrogens with zero attached hydrogens (tertiary/aromatic N) is 4. The van der Waals surface area contributed by atoms with Crippen LogP contribution >= 0.6 is 0 Å². The maximum atomic E-state index is 13.5. The molecule has 52 heavy (non-hydrogen) atoms. The molecule has 2 aromatic rings. The van der Waals surface area contributed by atoms with Crippen LogP contribution in [0.4, 0.5) is 0 Å². The molecule has 6 aliphatic rings. The van der Waals surface area contributed by atoms with E-state index in [0.717, 1.165) is 63.1 Å². The maximum Gasteiger partial charge on any atom is 0.307 e. The summed E-state index contributed by atoms with van der Waals surface area (Å²) in [4.78, 5) is 22.6. The van der Waals surface area contributed by atoms with Crippen LogP contribution in [0.5, 0.6) is 0 Å². The summed E-state index contributed by atoms with van der Waals surface area (Å²) in [5.74, 6) is 1.20. The lowest BCUT2D eigenvalue weighted by Gasteiger charge is -2.71. The van der Waals surface area contributed by atoms with Crippen LogP contribution < -0.4 is 5.32 Å². The van der Waals surface area contributed by atoms with Crippen molar-refractivity contribution in [3.63, 3.8) is 0 Å². The Morgan fingerprint density at radius 2 is 1.87 bits per heavy atom. The minimum atomic E-state index is -0.619. The molecule has 2 saturated heterocycles. The minimum absolute atomic E-state index is 0.0746. The fourth-order valence-electron chi connectivity index (χ4n) is 13.3. The summed E-state index contributed by atoms with van der Waals surface area (Å²) in [6.07, 6.45) is 13.4. The second kappa shape index (κ2) is 13.0. The fourth-order valence-corrected chi connectivity index (χ4v) is 13.3. The highest BCUT2D eigenvalue weighted by Crippen LogP contribution is 2.75. The summed E-state index contributed by atoms with van der Waals surface area (Å²) in [5.41, 5.74) is 1.26. The van der Waals surface area contributed by atoms with Crippen LogP contribution in [0, 0.1) is 56.7 Å². The number of ether oxygens (including phenoxy) is 3. The zero-order valence-corrected chi connectivity index (χ0v) is 32.4. The van der Waals surface area contributed by atoms with E-state index in [-0.39, 0.29) is 45.3 Å². The van der Waals surface area contributed by atoms with Gasteiger partial charge in [0.2, 0.25) is 0 Å². The van der Waals surface area contributed by atoms with E-state index in [1.54, 1.807) is 6.33 Å². The summed E-state index contributed by atoms with van der Waals surface area (Å²) in [6.45, 7) is 20.4. The maximum absolute atomic E-state index is 13.5. The number of allylic oxidation sites excluding steroid dienone is 1. The second-order valence-corrected chi connectivity index (χ2v) is 18.9. The SMILES string of the molecule is CC(C)[C@@H](C)[C@@]1(C)CC[C@]2(C)[C@H]3CC[C@@H]4[C@@]5(COC[C@]4(C)[C@@H](OCC4COCCN4)[C@H](n4ncnc4-c4ccncc4)C5)C3=CC[C@@]2(C)[C@@H]1C(=O)O. The average Bonchev–Trinajstić information content (AvgIpc) is 3.62. The van der Waals surface area contributed by atoms with Gasteiger partial charge in [0.15, 0.2) is 5.82 Å². The van der Waals surface area contributed by atoms with E-state index in [2.05, 4.69) is 69.5 Å². The molecule has 0 aromatic carbocycles. The smallest absolute Gasteiger partial charge is 0.307 e. The Bertz CT molecular complexity index is 1680. The molecular weight excluding hydrogens is 654 g/mol. The first kappa shape index (κ1) is 36.3. The van der Waals surface area contributed by atoms with Crippen molar-refractivity contribution >= 4 is 5.97 Å². The number of carboxylic acids is 1. The molecule has 12 atom stereocenters. The van der Waals surface area contributed by atoms with Crippen molar-refractivity contribution in [2.75, 3.05) is 39.6 Å². The third-order valence-corrected chi connectivity index (χ3v) is 16.4. The van der Waals surface area contributed by atoms with Crippen molar-refractivity contribution < 1.29 is 24.1 Å². The van der Waals surface area contributed by atoms with Gasteiger partial charge in [-0.25, -0.2) is 9.67 Å². The van der Waals surface area contributed by atoms with Crippen molar-refractivity contribution in [3.05, 3.63) is 42.5 Å². The summed E-state index contributed by atoms with van der Waals surface area (Å²) in [7, 11) is 0. The number of aromatic nitrogens is 4. The quantitative estimate of drug-likeness (QED) is 0.283. The van der Waals surface area contributed by atoms with Gasteiger partial charge in [0.25, 0.3) is 0 Å². The van der Waals surface area contributed by atoms with Gasteiger partial charge in [0.1, 0.15) is 6.33 Å². The summed E-state index contributed by atoms with van der Waals surface area (Å²) in [5, 5.41) is 19.7. The Balaban J connectivity index is 1.22.